The van der Waals surface area contributed by atoms with E-state index in [0.717, 1.165) is 11.6 Å². The van der Waals surface area contributed by atoms with Crippen molar-refractivity contribution in [2.75, 3.05) is 0 Å². The molecular weight excluding hydrogens is 182 g/mol. The van der Waals surface area contributed by atoms with Crippen molar-refractivity contribution in [3.63, 3.8) is 0 Å². The Bertz CT molecular complexity index is 305. The predicted octanol–water partition coefficient (Wildman–Crippen LogP) is 2.98. The minimum absolute atomic E-state index is 0.405. The molecule has 1 N–H and O–H groups in total. The standard InChI is InChI=1S/C11H14ClN/c1-11(5-6-11)13-8-9-3-2-4-10(12)7-9/h2-4,7,13H,5-6,8H2,1H3. The first-order chi connectivity index (χ1) is 6.18. The highest BCUT2D eigenvalue weighted by Crippen LogP contribution is 2.34. The van der Waals surface area contributed by atoms with Gasteiger partial charge in [0.15, 0.2) is 0 Å². The minimum atomic E-state index is 0.405. The molecule has 0 bridgehead atoms. The van der Waals surface area contributed by atoms with Gasteiger partial charge in [0.1, 0.15) is 0 Å². The minimum Gasteiger partial charge on any atom is -0.307 e. The van der Waals surface area contributed by atoms with Gasteiger partial charge in [0, 0.05) is 17.1 Å². The highest BCUT2D eigenvalue weighted by atomic mass is 35.5. The van der Waals surface area contributed by atoms with Crippen LogP contribution in [0.5, 0.6) is 0 Å². The maximum atomic E-state index is 5.88. The van der Waals surface area contributed by atoms with E-state index in [1.54, 1.807) is 0 Å². The van der Waals surface area contributed by atoms with Gasteiger partial charge in [-0.3, -0.25) is 0 Å². The molecule has 2 rings (SSSR count). The Balaban J connectivity index is 1.94. The Morgan fingerprint density at radius 1 is 1.46 bits per heavy atom. The van der Waals surface area contributed by atoms with Crippen LogP contribution < -0.4 is 5.32 Å². The quantitative estimate of drug-likeness (QED) is 0.782. The monoisotopic (exact) mass is 195 g/mol. The molecule has 0 saturated heterocycles. The Morgan fingerprint density at radius 2 is 2.23 bits per heavy atom. The number of nitrogens with one attached hydrogen (secondary N) is 1. The van der Waals surface area contributed by atoms with Gasteiger partial charge in [-0.15, -0.1) is 0 Å². The molecule has 1 aromatic carbocycles. The number of rotatable bonds is 3. The second-order valence-corrected chi connectivity index (χ2v) is 4.48. The van der Waals surface area contributed by atoms with E-state index < -0.39 is 0 Å². The first kappa shape index (κ1) is 9.04. The third-order valence-corrected chi connectivity index (χ3v) is 2.84. The zero-order chi connectivity index (χ0) is 9.31. The molecule has 0 amide bonds. The molecule has 0 aromatic heterocycles. The van der Waals surface area contributed by atoms with E-state index in [9.17, 15) is 0 Å². The predicted molar refractivity (Wildman–Crippen MR) is 55.9 cm³/mol. The summed E-state index contributed by atoms with van der Waals surface area (Å²) in [4.78, 5) is 0. The highest BCUT2D eigenvalue weighted by Gasteiger charge is 2.36. The van der Waals surface area contributed by atoms with E-state index >= 15 is 0 Å². The summed E-state index contributed by atoms with van der Waals surface area (Å²) in [5.74, 6) is 0. The Kier molecular flexibility index (Phi) is 2.31. The largest absolute Gasteiger partial charge is 0.307 e. The van der Waals surface area contributed by atoms with Crippen molar-refractivity contribution in [2.24, 2.45) is 0 Å². The molecule has 0 heterocycles. The molecule has 1 saturated carbocycles. The lowest BCUT2D eigenvalue weighted by Crippen LogP contribution is -2.26. The molecule has 1 aromatic rings. The van der Waals surface area contributed by atoms with Crippen LogP contribution in [0.4, 0.5) is 0 Å². The van der Waals surface area contributed by atoms with Crippen molar-refractivity contribution in [3.05, 3.63) is 34.9 Å². The maximum absolute atomic E-state index is 5.88. The van der Waals surface area contributed by atoms with Gasteiger partial charge in [0.2, 0.25) is 0 Å². The van der Waals surface area contributed by atoms with Crippen LogP contribution in [0.1, 0.15) is 25.3 Å². The van der Waals surface area contributed by atoms with Gasteiger partial charge in [-0.1, -0.05) is 23.7 Å². The van der Waals surface area contributed by atoms with Gasteiger partial charge >= 0.3 is 0 Å². The van der Waals surface area contributed by atoms with E-state index in [1.165, 1.54) is 18.4 Å². The van der Waals surface area contributed by atoms with Crippen LogP contribution >= 0.6 is 11.6 Å². The van der Waals surface area contributed by atoms with Crippen molar-refractivity contribution in [1.29, 1.82) is 0 Å². The molecule has 70 valence electrons. The topological polar surface area (TPSA) is 12.0 Å². The summed E-state index contributed by atoms with van der Waals surface area (Å²) in [6.45, 7) is 3.19. The van der Waals surface area contributed by atoms with Crippen molar-refractivity contribution in [2.45, 2.75) is 31.8 Å². The van der Waals surface area contributed by atoms with Crippen LogP contribution in [-0.4, -0.2) is 5.54 Å². The molecule has 1 aliphatic carbocycles. The number of benzene rings is 1. The van der Waals surface area contributed by atoms with Gasteiger partial charge < -0.3 is 5.32 Å². The summed E-state index contributed by atoms with van der Waals surface area (Å²) in [6, 6.07) is 8.02. The van der Waals surface area contributed by atoms with Crippen molar-refractivity contribution in [1.82, 2.24) is 5.32 Å². The van der Waals surface area contributed by atoms with Crippen molar-refractivity contribution >= 4 is 11.6 Å². The Labute approximate surface area is 84.1 Å². The van der Waals surface area contributed by atoms with Gasteiger partial charge in [0.05, 0.1) is 0 Å². The molecule has 1 aliphatic rings. The zero-order valence-corrected chi connectivity index (χ0v) is 8.56. The molecule has 0 radical (unpaired) electrons. The van der Waals surface area contributed by atoms with Gasteiger partial charge in [0.25, 0.3) is 0 Å². The highest BCUT2D eigenvalue weighted by molar-refractivity contribution is 6.30. The second-order valence-electron chi connectivity index (χ2n) is 4.04. The van der Waals surface area contributed by atoms with Crippen molar-refractivity contribution in [3.8, 4) is 0 Å². The second kappa shape index (κ2) is 3.32. The van der Waals surface area contributed by atoms with Crippen LogP contribution in [0.15, 0.2) is 24.3 Å². The number of hydrogen-bond acceptors (Lipinski definition) is 1. The summed E-state index contributed by atoms with van der Waals surface area (Å²) < 4.78 is 0. The van der Waals surface area contributed by atoms with Crippen molar-refractivity contribution < 1.29 is 0 Å². The SMILES string of the molecule is CC1(NCc2cccc(Cl)c2)CC1. The fraction of sp³-hybridized carbons (Fsp3) is 0.455. The molecule has 0 aliphatic heterocycles. The van der Waals surface area contributed by atoms with Crippen LogP contribution in [0.25, 0.3) is 0 Å². The van der Waals surface area contributed by atoms with E-state index in [1.807, 2.05) is 18.2 Å². The fourth-order valence-electron chi connectivity index (χ4n) is 1.33. The van der Waals surface area contributed by atoms with Gasteiger partial charge in [-0.05, 0) is 37.5 Å². The Morgan fingerprint density at radius 3 is 2.85 bits per heavy atom. The molecule has 0 spiro atoms. The summed E-state index contributed by atoms with van der Waals surface area (Å²) in [5.41, 5.74) is 1.67. The molecule has 0 unspecified atom stereocenters. The lowest BCUT2D eigenvalue weighted by molar-refractivity contribution is 0.538. The first-order valence-electron chi connectivity index (χ1n) is 4.67. The van der Waals surface area contributed by atoms with E-state index in [2.05, 4.69) is 18.3 Å². The van der Waals surface area contributed by atoms with E-state index in [4.69, 9.17) is 11.6 Å². The normalized spacial score (nSPS) is 18.6. The van der Waals surface area contributed by atoms with E-state index in [0.29, 0.717) is 5.54 Å². The zero-order valence-electron chi connectivity index (χ0n) is 7.81. The summed E-state index contributed by atoms with van der Waals surface area (Å²) in [5, 5.41) is 4.34. The third-order valence-electron chi connectivity index (χ3n) is 2.61. The average molecular weight is 196 g/mol. The molecular formula is C11H14ClN. The Hall–Kier alpha value is -0.530. The smallest absolute Gasteiger partial charge is 0.0409 e. The first-order valence-corrected chi connectivity index (χ1v) is 5.05. The fourth-order valence-corrected chi connectivity index (χ4v) is 1.54. The molecule has 13 heavy (non-hydrogen) atoms. The summed E-state index contributed by atoms with van der Waals surface area (Å²) in [6.07, 6.45) is 2.60. The lowest BCUT2D eigenvalue weighted by Gasteiger charge is -2.10. The van der Waals surface area contributed by atoms with Crippen LogP contribution in [-0.2, 0) is 6.54 Å². The number of halogens is 1. The van der Waals surface area contributed by atoms with Gasteiger partial charge in [-0.25, -0.2) is 0 Å². The van der Waals surface area contributed by atoms with E-state index in [-0.39, 0.29) is 0 Å². The van der Waals surface area contributed by atoms with Crippen LogP contribution in [0.3, 0.4) is 0 Å². The average Bonchev–Trinajstić information content (AvgIpc) is 2.82. The summed E-state index contributed by atoms with van der Waals surface area (Å²) in [7, 11) is 0. The third kappa shape index (κ3) is 2.45. The van der Waals surface area contributed by atoms with Crippen LogP contribution in [0.2, 0.25) is 5.02 Å². The number of hydrogen-bond donors (Lipinski definition) is 1. The van der Waals surface area contributed by atoms with Crippen LogP contribution in [0, 0.1) is 0 Å². The molecule has 1 fully saturated rings. The molecule has 0 atom stereocenters. The lowest BCUT2D eigenvalue weighted by atomic mass is 10.2. The maximum Gasteiger partial charge on any atom is 0.0409 e. The summed E-state index contributed by atoms with van der Waals surface area (Å²) >= 11 is 5.88. The van der Waals surface area contributed by atoms with Gasteiger partial charge in [-0.2, -0.15) is 0 Å². The molecule has 2 heteroatoms. The molecule has 1 nitrogen and oxygen atoms in total.